The number of aromatic nitrogens is 1. The lowest BCUT2D eigenvalue weighted by Crippen LogP contribution is -2.60. The van der Waals surface area contributed by atoms with Crippen LogP contribution in [0.1, 0.15) is 12.6 Å². The number of carboxylic acid groups (broad SMARTS) is 1. The van der Waals surface area contributed by atoms with Crippen molar-refractivity contribution < 1.29 is 23.1 Å². The average Bonchev–Trinajstić information content (AvgIpc) is 2.28. The number of carboxylic acids is 1. The molecular formula is C11H13F3N2O2. The molecule has 0 aliphatic rings. The van der Waals surface area contributed by atoms with Gasteiger partial charge in [-0.2, -0.15) is 13.2 Å². The Morgan fingerprint density at radius 1 is 1.44 bits per heavy atom. The van der Waals surface area contributed by atoms with Gasteiger partial charge in [-0.1, -0.05) is 6.07 Å². The van der Waals surface area contributed by atoms with E-state index in [-0.39, 0.29) is 13.0 Å². The summed E-state index contributed by atoms with van der Waals surface area (Å²) in [6.45, 7) is 0.479. The van der Waals surface area contributed by atoms with E-state index in [0.29, 0.717) is 12.6 Å². The fourth-order valence-electron chi connectivity index (χ4n) is 1.28. The molecule has 0 amide bonds. The van der Waals surface area contributed by atoms with Crippen molar-refractivity contribution in [1.82, 2.24) is 10.3 Å². The molecule has 2 N–H and O–H groups in total. The molecule has 1 aromatic rings. The first-order chi connectivity index (χ1) is 8.27. The molecule has 4 nitrogen and oxygen atoms in total. The van der Waals surface area contributed by atoms with Gasteiger partial charge in [-0.05, 0) is 19.1 Å². The highest BCUT2D eigenvalue weighted by Gasteiger charge is 2.56. The van der Waals surface area contributed by atoms with Crippen molar-refractivity contribution in [3.8, 4) is 0 Å². The number of hydrogen-bond donors (Lipinski definition) is 2. The summed E-state index contributed by atoms with van der Waals surface area (Å²) < 4.78 is 37.9. The Hall–Kier alpha value is -1.63. The quantitative estimate of drug-likeness (QED) is 0.846. The number of pyridine rings is 1. The van der Waals surface area contributed by atoms with Crippen LogP contribution in [0.15, 0.2) is 24.4 Å². The smallest absolute Gasteiger partial charge is 0.417 e. The molecule has 0 aliphatic heterocycles. The predicted molar refractivity (Wildman–Crippen MR) is 58.0 cm³/mol. The molecule has 0 saturated heterocycles. The number of alkyl halides is 3. The maximum atomic E-state index is 12.6. The highest BCUT2D eigenvalue weighted by atomic mass is 19.4. The SMILES string of the molecule is CC(NCCc1ccccn1)(C(=O)O)C(F)(F)F. The second kappa shape index (κ2) is 5.34. The van der Waals surface area contributed by atoms with Crippen LogP contribution >= 0.6 is 0 Å². The lowest BCUT2D eigenvalue weighted by Gasteiger charge is -2.28. The summed E-state index contributed by atoms with van der Waals surface area (Å²) >= 11 is 0. The number of rotatable bonds is 5. The van der Waals surface area contributed by atoms with Crippen LogP contribution in [0.3, 0.4) is 0 Å². The van der Waals surface area contributed by atoms with Crippen molar-refractivity contribution in [2.45, 2.75) is 25.1 Å². The first-order valence-corrected chi connectivity index (χ1v) is 5.22. The first-order valence-electron chi connectivity index (χ1n) is 5.22. The number of nitrogens with one attached hydrogen (secondary N) is 1. The van der Waals surface area contributed by atoms with E-state index >= 15 is 0 Å². The van der Waals surface area contributed by atoms with Crippen molar-refractivity contribution in [2.75, 3.05) is 6.54 Å². The Bertz CT molecular complexity index is 408. The molecular weight excluding hydrogens is 249 g/mol. The zero-order valence-electron chi connectivity index (χ0n) is 9.66. The molecule has 18 heavy (non-hydrogen) atoms. The first kappa shape index (κ1) is 14.4. The minimum atomic E-state index is -4.86. The zero-order valence-corrected chi connectivity index (χ0v) is 9.66. The molecule has 0 aliphatic carbocycles. The van der Waals surface area contributed by atoms with Gasteiger partial charge < -0.3 is 5.11 Å². The van der Waals surface area contributed by atoms with Crippen molar-refractivity contribution in [3.05, 3.63) is 30.1 Å². The number of hydrogen-bond acceptors (Lipinski definition) is 3. The maximum absolute atomic E-state index is 12.6. The van der Waals surface area contributed by atoms with Crippen molar-refractivity contribution in [3.63, 3.8) is 0 Å². The third-order valence-electron chi connectivity index (χ3n) is 2.58. The number of aliphatic carboxylic acids is 1. The molecule has 0 aromatic carbocycles. The van der Waals surface area contributed by atoms with Crippen molar-refractivity contribution >= 4 is 5.97 Å². The molecule has 1 atom stereocenters. The summed E-state index contributed by atoms with van der Waals surface area (Å²) in [5, 5.41) is 10.7. The molecule has 1 heterocycles. The maximum Gasteiger partial charge on any atom is 0.417 e. The van der Waals surface area contributed by atoms with Gasteiger partial charge in [0.15, 0.2) is 0 Å². The summed E-state index contributed by atoms with van der Waals surface area (Å²) in [7, 11) is 0. The summed E-state index contributed by atoms with van der Waals surface area (Å²) in [6.07, 6.45) is -3.11. The van der Waals surface area contributed by atoms with E-state index in [1.54, 1.807) is 18.2 Å². The molecule has 0 bridgehead atoms. The fourth-order valence-corrected chi connectivity index (χ4v) is 1.28. The summed E-state index contributed by atoms with van der Waals surface area (Å²) in [6, 6.07) is 5.06. The van der Waals surface area contributed by atoms with Crippen LogP contribution in [0.2, 0.25) is 0 Å². The average molecular weight is 262 g/mol. The van der Waals surface area contributed by atoms with Gasteiger partial charge in [-0.3, -0.25) is 10.3 Å². The Morgan fingerprint density at radius 3 is 2.56 bits per heavy atom. The molecule has 0 saturated carbocycles. The summed E-state index contributed by atoms with van der Waals surface area (Å²) in [5.41, 5.74) is -2.35. The monoisotopic (exact) mass is 262 g/mol. The van der Waals surface area contributed by atoms with Crippen LogP contribution in [-0.4, -0.2) is 34.3 Å². The van der Waals surface area contributed by atoms with E-state index in [1.807, 2.05) is 5.32 Å². The zero-order chi connectivity index (χ0) is 13.8. The molecule has 100 valence electrons. The second-order valence-corrected chi connectivity index (χ2v) is 3.93. The third kappa shape index (κ3) is 3.19. The number of carbonyl (C=O) groups is 1. The summed E-state index contributed by atoms with van der Waals surface area (Å²) in [4.78, 5) is 14.6. The third-order valence-corrected chi connectivity index (χ3v) is 2.58. The highest BCUT2D eigenvalue weighted by Crippen LogP contribution is 2.30. The van der Waals surface area contributed by atoms with Crippen LogP contribution in [0.5, 0.6) is 0 Å². The molecule has 1 unspecified atom stereocenters. The number of halogens is 3. The van der Waals surface area contributed by atoms with E-state index in [4.69, 9.17) is 5.11 Å². The highest BCUT2D eigenvalue weighted by molar-refractivity contribution is 5.79. The molecule has 7 heteroatoms. The van der Waals surface area contributed by atoms with E-state index in [1.165, 1.54) is 6.20 Å². The van der Waals surface area contributed by atoms with Gasteiger partial charge in [0, 0.05) is 24.9 Å². The van der Waals surface area contributed by atoms with Gasteiger partial charge >= 0.3 is 12.1 Å². The van der Waals surface area contributed by atoms with Crippen LogP contribution in [0.25, 0.3) is 0 Å². The molecule has 1 rings (SSSR count). The Labute approximate surface area is 102 Å². The van der Waals surface area contributed by atoms with Gasteiger partial charge in [0.25, 0.3) is 0 Å². The lowest BCUT2D eigenvalue weighted by molar-refractivity contribution is -0.205. The minimum Gasteiger partial charge on any atom is -0.480 e. The minimum absolute atomic E-state index is 0.126. The van der Waals surface area contributed by atoms with Crippen molar-refractivity contribution in [2.24, 2.45) is 0 Å². The van der Waals surface area contributed by atoms with Gasteiger partial charge in [-0.15, -0.1) is 0 Å². The topological polar surface area (TPSA) is 62.2 Å². The molecule has 0 fully saturated rings. The van der Waals surface area contributed by atoms with E-state index < -0.39 is 17.7 Å². The lowest BCUT2D eigenvalue weighted by atomic mass is 10.0. The van der Waals surface area contributed by atoms with Crippen LogP contribution in [-0.2, 0) is 11.2 Å². The molecule has 0 radical (unpaired) electrons. The standard InChI is InChI=1S/C11H13F3N2O2/c1-10(9(17)18,11(12,13)14)16-7-5-8-4-2-3-6-15-8/h2-4,6,16H,5,7H2,1H3,(H,17,18). The van der Waals surface area contributed by atoms with Gasteiger partial charge in [-0.25, -0.2) is 4.79 Å². The van der Waals surface area contributed by atoms with Crippen molar-refractivity contribution in [1.29, 1.82) is 0 Å². The Morgan fingerprint density at radius 2 is 2.11 bits per heavy atom. The largest absolute Gasteiger partial charge is 0.480 e. The second-order valence-electron chi connectivity index (χ2n) is 3.93. The number of nitrogens with zero attached hydrogens (tertiary/aromatic N) is 1. The Kier molecular flexibility index (Phi) is 4.28. The van der Waals surface area contributed by atoms with Gasteiger partial charge in [0.2, 0.25) is 5.54 Å². The van der Waals surface area contributed by atoms with E-state index in [2.05, 4.69) is 4.98 Å². The van der Waals surface area contributed by atoms with E-state index in [9.17, 15) is 18.0 Å². The summed E-state index contributed by atoms with van der Waals surface area (Å²) in [5.74, 6) is -1.95. The normalized spacial score (nSPS) is 15.1. The van der Waals surface area contributed by atoms with Gasteiger partial charge in [0.05, 0.1) is 0 Å². The van der Waals surface area contributed by atoms with Crippen LogP contribution in [0, 0.1) is 0 Å². The molecule has 1 aromatic heterocycles. The van der Waals surface area contributed by atoms with Gasteiger partial charge in [0.1, 0.15) is 0 Å². The predicted octanol–water partition coefficient (Wildman–Crippen LogP) is 1.62. The van der Waals surface area contributed by atoms with E-state index in [0.717, 1.165) is 0 Å². The fraction of sp³-hybridized carbons (Fsp3) is 0.455. The Balaban J connectivity index is 2.62. The van der Waals surface area contributed by atoms with Crippen LogP contribution < -0.4 is 5.32 Å². The molecule has 0 spiro atoms. The van der Waals surface area contributed by atoms with Crippen LogP contribution in [0.4, 0.5) is 13.2 Å².